The van der Waals surface area contributed by atoms with Crippen LogP contribution in [-0.4, -0.2) is 17.0 Å². The molecule has 0 aromatic rings. The minimum absolute atomic E-state index is 0.0677. The third-order valence-corrected chi connectivity index (χ3v) is 3.00. The van der Waals surface area contributed by atoms with Gasteiger partial charge in [-0.15, -0.1) is 6.58 Å². The highest BCUT2D eigenvalue weighted by molar-refractivity contribution is 6.07. The quantitative estimate of drug-likeness (QED) is 0.552. The van der Waals surface area contributed by atoms with Crippen molar-refractivity contribution in [2.24, 2.45) is 5.92 Å². The molecular weight excluding hydrogens is 224 g/mol. The fourth-order valence-electron chi connectivity index (χ4n) is 2.00. The molecule has 0 bridgehead atoms. The Morgan fingerprint density at radius 2 is 2.22 bits per heavy atom. The van der Waals surface area contributed by atoms with Crippen LogP contribution in [0.3, 0.4) is 0 Å². The molecule has 0 aromatic heterocycles. The zero-order valence-corrected chi connectivity index (χ0v) is 11.0. The highest BCUT2D eigenvalue weighted by Crippen LogP contribution is 2.25. The van der Waals surface area contributed by atoms with Gasteiger partial charge in [0, 0.05) is 11.5 Å². The van der Waals surface area contributed by atoms with Crippen molar-refractivity contribution in [2.75, 3.05) is 0 Å². The largest absolute Gasteiger partial charge is 0.392 e. The van der Waals surface area contributed by atoms with Crippen molar-refractivity contribution in [3.05, 3.63) is 48.6 Å². The number of carbonyl (C=O) groups excluding carboxylic acids is 1. The minimum atomic E-state index is -0.405. The SMILES string of the molecule is C=CC[C@H]1C=CC(=O)/C1=C/C[C@@H](O)C/C=C\CC. The van der Waals surface area contributed by atoms with E-state index in [9.17, 15) is 9.90 Å². The molecule has 0 saturated heterocycles. The van der Waals surface area contributed by atoms with Crippen LogP contribution in [-0.2, 0) is 4.79 Å². The van der Waals surface area contributed by atoms with Crippen LogP contribution in [0.4, 0.5) is 0 Å². The van der Waals surface area contributed by atoms with E-state index in [0.717, 1.165) is 18.4 Å². The average Bonchev–Trinajstić information content (AvgIpc) is 2.69. The van der Waals surface area contributed by atoms with Crippen LogP contribution in [0.2, 0.25) is 0 Å². The van der Waals surface area contributed by atoms with Gasteiger partial charge >= 0.3 is 0 Å². The molecule has 0 aromatic carbocycles. The number of ketones is 1. The standard InChI is InChI=1S/C16H22O2/c1-3-5-6-8-14(17)10-11-15-13(7-4-2)9-12-16(15)18/h4-6,9,11-14,17H,2-3,7-8,10H2,1H3/b6-5-,15-11+/t13-,14-/m0/s1. The van der Waals surface area contributed by atoms with E-state index in [1.165, 1.54) is 0 Å². The number of hydrogen-bond donors (Lipinski definition) is 1. The summed E-state index contributed by atoms with van der Waals surface area (Å²) in [5.74, 6) is 0.214. The number of rotatable bonds is 7. The van der Waals surface area contributed by atoms with Crippen LogP contribution in [0.5, 0.6) is 0 Å². The van der Waals surface area contributed by atoms with Crippen molar-refractivity contribution in [1.29, 1.82) is 0 Å². The molecule has 0 amide bonds. The molecule has 1 rings (SSSR count). The zero-order chi connectivity index (χ0) is 13.4. The molecule has 1 aliphatic carbocycles. The Bertz CT molecular complexity index is 375. The Hall–Kier alpha value is -1.41. The monoisotopic (exact) mass is 246 g/mol. The first-order valence-corrected chi connectivity index (χ1v) is 6.55. The van der Waals surface area contributed by atoms with Gasteiger partial charge in [-0.2, -0.15) is 0 Å². The average molecular weight is 246 g/mol. The molecule has 2 nitrogen and oxygen atoms in total. The summed E-state index contributed by atoms with van der Waals surface area (Å²) in [5.41, 5.74) is 0.799. The third-order valence-electron chi connectivity index (χ3n) is 3.00. The van der Waals surface area contributed by atoms with Crippen LogP contribution in [0.1, 0.15) is 32.6 Å². The summed E-state index contributed by atoms with van der Waals surface area (Å²) in [6, 6.07) is 0. The first-order valence-electron chi connectivity index (χ1n) is 6.55. The summed E-state index contributed by atoms with van der Waals surface area (Å²) >= 11 is 0. The van der Waals surface area contributed by atoms with Crippen LogP contribution in [0, 0.1) is 5.92 Å². The summed E-state index contributed by atoms with van der Waals surface area (Å²) in [6.45, 7) is 5.76. The summed E-state index contributed by atoms with van der Waals surface area (Å²) in [4.78, 5) is 11.6. The first-order chi connectivity index (χ1) is 8.69. The van der Waals surface area contributed by atoms with E-state index in [-0.39, 0.29) is 11.7 Å². The molecule has 0 spiro atoms. The highest BCUT2D eigenvalue weighted by Gasteiger charge is 2.21. The van der Waals surface area contributed by atoms with Crippen molar-refractivity contribution in [2.45, 2.75) is 38.7 Å². The Balaban J connectivity index is 2.51. The van der Waals surface area contributed by atoms with Crippen LogP contribution >= 0.6 is 0 Å². The van der Waals surface area contributed by atoms with Crippen molar-refractivity contribution >= 4 is 5.78 Å². The summed E-state index contributed by atoms with van der Waals surface area (Å²) < 4.78 is 0. The van der Waals surface area contributed by atoms with Gasteiger partial charge < -0.3 is 5.11 Å². The van der Waals surface area contributed by atoms with E-state index in [0.29, 0.717) is 12.8 Å². The second kappa shape index (κ2) is 7.83. The summed E-state index contributed by atoms with van der Waals surface area (Å²) in [7, 11) is 0. The van der Waals surface area contributed by atoms with Gasteiger partial charge in [0.2, 0.25) is 0 Å². The lowest BCUT2D eigenvalue weighted by molar-refractivity contribution is -0.111. The lowest BCUT2D eigenvalue weighted by Gasteiger charge is -2.09. The van der Waals surface area contributed by atoms with Crippen LogP contribution < -0.4 is 0 Å². The maximum atomic E-state index is 11.6. The van der Waals surface area contributed by atoms with E-state index in [4.69, 9.17) is 0 Å². The predicted molar refractivity (Wildman–Crippen MR) is 75.2 cm³/mol. The van der Waals surface area contributed by atoms with Crippen LogP contribution in [0.15, 0.2) is 48.6 Å². The lowest BCUT2D eigenvalue weighted by Crippen LogP contribution is -2.07. The van der Waals surface area contributed by atoms with Gasteiger partial charge in [-0.25, -0.2) is 0 Å². The number of hydrogen-bond acceptors (Lipinski definition) is 2. The van der Waals surface area contributed by atoms with Gasteiger partial charge in [-0.3, -0.25) is 4.79 Å². The maximum Gasteiger partial charge on any atom is 0.181 e. The smallest absolute Gasteiger partial charge is 0.181 e. The van der Waals surface area contributed by atoms with Crippen molar-refractivity contribution in [3.8, 4) is 0 Å². The Morgan fingerprint density at radius 3 is 2.89 bits per heavy atom. The van der Waals surface area contributed by atoms with E-state index in [2.05, 4.69) is 13.5 Å². The minimum Gasteiger partial charge on any atom is -0.392 e. The summed E-state index contributed by atoms with van der Waals surface area (Å²) in [5, 5.41) is 9.79. The normalized spacial score (nSPS) is 23.1. The molecule has 2 atom stereocenters. The molecule has 98 valence electrons. The van der Waals surface area contributed by atoms with Crippen molar-refractivity contribution < 1.29 is 9.90 Å². The van der Waals surface area contributed by atoms with Gasteiger partial charge in [0.25, 0.3) is 0 Å². The van der Waals surface area contributed by atoms with Crippen molar-refractivity contribution in [3.63, 3.8) is 0 Å². The summed E-state index contributed by atoms with van der Waals surface area (Å²) in [6.07, 6.45) is 13.8. The zero-order valence-electron chi connectivity index (χ0n) is 11.0. The molecule has 1 aliphatic rings. The van der Waals surface area contributed by atoms with E-state index in [1.54, 1.807) is 6.08 Å². The second-order valence-electron chi connectivity index (χ2n) is 4.52. The Morgan fingerprint density at radius 1 is 1.44 bits per heavy atom. The lowest BCUT2D eigenvalue weighted by atomic mass is 9.96. The third kappa shape index (κ3) is 4.46. The Kier molecular flexibility index (Phi) is 6.37. The second-order valence-corrected chi connectivity index (χ2v) is 4.52. The fourth-order valence-corrected chi connectivity index (χ4v) is 2.00. The number of allylic oxidation sites excluding steroid dienone is 5. The molecule has 0 unspecified atom stereocenters. The molecule has 18 heavy (non-hydrogen) atoms. The predicted octanol–water partition coefficient (Wildman–Crippen LogP) is 3.35. The van der Waals surface area contributed by atoms with Crippen LogP contribution in [0.25, 0.3) is 0 Å². The Labute approximate surface area is 109 Å². The van der Waals surface area contributed by atoms with E-state index < -0.39 is 6.10 Å². The van der Waals surface area contributed by atoms with Gasteiger partial charge in [0.1, 0.15) is 0 Å². The van der Waals surface area contributed by atoms with Gasteiger partial charge in [-0.05, 0) is 31.8 Å². The first kappa shape index (κ1) is 14.7. The molecule has 1 N–H and O–H groups in total. The topological polar surface area (TPSA) is 37.3 Å². The van der Waals surface area contributed by atoms with Gasteiger partial charge in [0.05, 0.1) is 6.10 Å². The van der Waals surface area contributed by atoms with E-state index >= 15 is 0 Å². The molecular formula is C16H22O2. The molecule has 2 heteroatoms. The molecule has 0 heterocycles. The van der Waals surface area contributed by atoms with Crippen molar-refractivity contribution in [1.82, 2.24) is 0 Å². The fraction of sp³-hybridized carbons (Fsp3) is 0.438. The number of aliphatic hydroxyl groups excluding tert-OH is 1. The molecule has 0 radical (unpaired) electrons. The van der Waals surface area contributed by atoms with Gasteiger partial charge in [0.15, 0.2) is 5.78 Å². The maximum absolute atomic E-state index is 11.6. The number of carbonyl (C=O) groups is 1. The van der Waals surface area contributed by atoms with E-state index in [1.807, 2.05) is 30.4 Å². The molecule has 0 aliphatic heterocycles. The molecule has 0 fully saturated rings. The molecule has 0 saturated carbocycles. The number of aliphatic hydroxyl groups is 1. The van der Waals surface area contributed by atoms with Gasteiger partial charge in [-0.1, -0.05) is 37.3 Å². The highest BCUT2D eigenvalue weighted by atomic mass is 16.3.